The van der Waals surface area contributed by atoms with Crippen LogP contribution < -0.4 is 0 Å². The molecule has 1 aromatic rings. The van der Waals surface area contributed by atoms with Crippen molar-refractivity contribution in [2.24, 2.45) is 0 Å². The Morgan fingerprint density at radius 2 is 1.04 bits per heavy atom. The summed E-state index contributed by atoms with van der Waals surface area (Å²) in [6.07, 6.45) is 20.7. The van der Waals surface area contributed by atoms with Crippen molar-refractivity contribution < 1.29 is 0 Å². The highest BCUT2D eigenvalue weighted by Gasteiger charge is 2.10. The maximum atomic E-state index is 6.35. The summed E-state index contributed by atoms with van der Waals surface area (Å²) in [4.78, 5) is 4.48. The fraction of sp³-hybridized carbons (Fsp3) is 0.792. The third kappa shape index (κ3) is 9.40. The molecule has 0 N–H and O–H groups in total. The molecule has 0 saturated carbocycles. The topological polar surface area (TPSA) is 12.9 Å². The molecule has 1 nitrogen and oxygen atoms in total. The molecule has 1 heterocycles. The zero-order valence-electron chi connectivity index (χ0n) is 17.9. The molecule has 0 saturated heterocycles. The van der Waals surface area contributed by atoms with Crippen molar-refractivity contribution in [3.8, 4) is 0 Å². The van der Waals surface area contributed by atoms with Crippen molar-refractivity contribution >= 4 is 11.6 Å². The van der Waals surface area contributed by atoms with Gasteiger partial charge in [0.2, 0.25) is 0 Å². The minimum absolute atomic E-state index is 0.722. The average molecular weight is 380 g/mol. The minimum Gasteiger partial charge on any atom is -0.241 e. The van der Waals surface area contributed by atoms with Gasteiger partial charge in [-0.1, -0.05) is 102 Å². The van der Waals surface area contributed by atoms with Crippen molar-refractivity contribution in [2.75, 3.05) is 0 Å². The third-order valence-corrected chi connectivity index (χ3v) is 6.17. The van der Waals surface area contributed by atoms with E-state index in [-0.39, 0.29) is 0 Å². The van der Waals surface area contributed by atoms with Gasteiger partial charge in [0.05, 0.1) is 0 Å². The van der Waals surface area contributed by atoms with Crippen LogP contribution in [0.2, 0.25) is 5.15 Å². The van der Waals surface area contributed by atoms with Crippen LogP contribution in [0.5, 0.6) is 0 Å². The Morgan fingerprint density at radius 1 is 0.615 bits per heavy atom. The summed E-state index contributed by atoms with van der Waals surface area (Å²) in [5, 5.41) is 0.722. The van der Waals surface area contributed by atoms with Gasteiger partial charge in [0.15, 0.2) is 0 Å². The van der Waals surface area contributed by atoms with Gasteiger partial charge in [0.25, 0.3) is 0 Å². The predicted molar refractivity (Wildman–Crippen MR) is 117 cm³/mol. The number of aromatic nitrogens is 1. The molecule has 0 fully saturated rings. The van der Waals surface area contributed by atoms with E-state index in [2.05, 4.69) is 25.8 Å². The van der Waals surface area contributed by atoms with E-state index in [0.717, 1.165) is 17.3 Å². The van der Waals surface area contributed by atoms with Crippen LogP contribution in [0.1, 0.15) is 119 Å². The Bertz CT molecular complexity index is 495. The normalized spacial score (nSPS) is 11.3. The van der Waals surface area contributed by atoms with E-state index in [1.54, 1.807) is 0 Å². The van der Waals surface area contributed by atoms with Crippen molar-refractivity contribution in [2.45, 2.75) is 124 Å². The second-order valence-corrected chi connectivity index (χ2v) is 8.42. The van der Waals surface area contributed by atoms with Gasteiger partial charge in [-0.25, -0.2) is 4.98 Å². The molecule has 0 bridgehead atoms. The van der Waals surface area contributed by atoms with E-state index >= 15 is 0 Å². The van der Waals surface area contributed by atoms with Gasteiger partial charge in [0, 0.05) is 5.69 Å². The summed E-state index contributed by atoms with van der Waals surface area (Å²) in [5.74, 6) is 0. The van der Waals surface area contributed by atoms with Gasteiger partial charge in [-0.15, -0.1) is 0 Å². The van der Waals surface area contributed by atoms with Crippen molar-refractivity contribution in [3.05, 3.63) is 27.5 Å². The summed E-state index contributed by atoms with van der Waals surface area (Å²) in [5.41, 5.74) is 4.98. The number of hydrogen-bond donors (Lipinski definition) is 0. The van der Waals surface area contributed by atoms with Crippen LogP contribution in [0.25, 0.3) is 0 Å². The predicted octanol–water partition coefficient (Wildman–Crippen LogP) is 8.68. The van der Waals surface area contributed by atoms with E-state index in [1.165, 1.54) is 107 Å². The number of hydrogen-bond acceptors (Lipinski definition) is 1. The van der Waals surface area contributed by atoms with Gasteiger partial charge in [-0.05, 0) is 50.3 Å². The Labute approximate surface area is 168 Å². The first-order valence-corrected chi connectivity index (χ1v) is 11.6. The fourth-order valence-corrected chi connectivity index (χ4v) is 4.10. The SMILES string of the molecule is CCCCCCCCCCCCCCCCc1c(Cl)nc(C)c(C)c1C. The maximum Gasteiger partial charge on any atom is 0.132 e. The number of pyridine rings is 1. The second kappa shape index (κ2) is 14.5. The smallest absolute Gasteiger partial charge is 0.132 e. The standard InChI is InChI=1S/C24H42ClN/c1-5-6-7-8-9-10-11-12-13-14-15-16-17-18-19-23-21(3)20(2)22(4)26-24(23)25/h5-19H2,1-4H3. The molecule has 0 atom stereocenters. The van der Waals surface area contributed by atoms with Crippen LogP contribution in [0.15, 0.2) is 0 Å². The van der Waals surface area contributed by atoms with Crippen LogP contribution in [0, 0.1) is 20.8 Å². The number of nitrogens with zero attached hydrogens (tertiary/aromatic N) is 1. The Hall–Kier alpha value is -0.560. The average Bonchev–Trinajstić information content (AvgIpc) is 2.62. The van der Waals surface area contributed by atoms with Crippen LogP contribution >= 0.6 is 11.6 Å². The Morgan fingerprint density at radius 3 is 1.50 bits per heavy atom. The molecule has 1 rings (SSSR count). The maximum absolute atomic E-state index is 6.35. The highest BCUT2D eigenvalue weighted by molar-refractivity contribution is 6.30. The highest BCUT2D eigenvalue weighted by atomic mass is 35.5. The summed E-state index contributed by atoms with van der Waals surface area (Å²) in [6, 6.07) is 0. The van der Waals surface area contributed by atoms with E-state index in [4.69, 9.17) is 11.6 Å². The van der Waals surface area contributed by atoms with Gasteiger partial charge in [-0.3, -0.25) is 0 Å². The van der Waals surface area contributed by atoms with Crippen LogP contribution in [0.3, 0.4) is 0 Å². The molecular weight excluding hydrogens is 338 g/mol. The minimum atomic E-state index is 0.722. The quantitative estimate of drug-likeness (QED) is 0.219. The first-order valence-electron chi connectivity index (χ1n) is 11.2. The molecule has 150 valence electrons. The molecule has 0 amide bonds. The Balaban J connectivity index is 1.98. The zero-order chi connectivity index (χ0) is 19.2. The monoisotopic (exact) mass is 379 g/mol. The number of aryl methyl sites for hydroxylation is 1. The van der Waals surface area contributed by atoms with E-state index in [0.29, 0.717) is 0 Å². The second-order valence-electron chi connectivity index (χ2n) is 8.06. The molecule has 26 heavy (non-hydrogen) atoms. The zero-order valence-corrected chi connectivity index (χ0v) is 18.7. The molecular formula is C24H42ClN. The third-order valence-electron chi connectivity index (χ3n) is 5.85. The largest absolute Gasteiger partial charge is 0.241 e. The van der Waals surface area contributed by atoms with Crippen molar-refractivity contribution in [1.82, 2.24) is 4.98 Å². The van der Waals surface area contributed by atoms with E-state index in [9.17, 15) is 0 Å². The summed E-state index contributed by atoms with van der Waals surface area (Å²) >= 11 is 6.35. The van der Waals surface area contributed by atoms with Gasteiger partial charge >= 0.3 is 0 Å². The van der Waals surface area contributed by atoms with Crippen LogP contribution in [-0.4, -0.2) is 4.98 Å². The molecule has 0 aliphatic rings. The van der Waals surface area contributed by atoms with Gasteiger partial charge in [0.1, 0.15) is 5.15 Å². The van der Waals surface area contributed by atoms with Gasteiger partial charge < -0.3 is 0 Å². The number of unbranched alkanes of at least 4 members (excludes halogenated alkanes) is 13. The number of halogens is 1. The highest BCUT2D eigenvalue weighted by Crippen LogP contribution is 2.25. The Kier molecular flexibility index (Phi) is 13.1. The fourth-order valence-electron chi connectivity index (χ4n) is 3.74. The summed E-state index contributed by atoms with van der Waals surface area (Å²) in [7, 11) is 0. The molecule has 0 unspecified atom stereocenters. The molecule has 0 aliphatic carbocycles. The first-order chi connectivity index (χ1) is 12.6. The molecule has 1 aromatic heterocycles. The van der Waals surface area contributed by atoms with Crippen molar-refractivity contribution in [1.29, 1.82) is 0 Å². The summed E-state index contributed by atoms with van der Waals surface area (Å²) in [6.45, 7) is 8.68. The lowest BCUT2D eigenvalue weighted by Crippen LogP contribution is -2.00. The lowest BCUT2D eigenvalue weighted by Gasteiger charge is -2.12. The van der Waals surface area contributed by atoms with Crippen LogP contribution in [-0.2, 0) is 6.42 Å². The molecule has 0 radical (unpaired) electrons. The van der Waals surface area contributed by atoms with Gasteiger partial charge in [-0.2, -0.15) is 0 Å². The molecule has 2 heteroatoms. The molecule has 0 aliphatic heterocycles. The first kappa shape index (κ1) is 23.5. The summed E-state index contributed by atoms with van der Waals surface area (Å²) < 4.78 is 0. The van der Waals surface area contributed by atoms with Crippen molar-refractivity contribution in [3.63, 3.8) is 0 Å². The van der Waals surface area contributed by atoms with E-state index < -0.39 is 0 Å². The molecule has 0 spiro atoms. The lowest BCUT2D eigenvalue weighted by atomic mass is 9.98. The van der Waals surface area contributed by atoms with E-state index in [1.807, 2.05) is 6.92 Å². The number of rotatable bonds is 15. The molecule has 0 aromatic carbocycles. The lowest BCUT2D eigenvalue weighted by molar-refractivity contribution is 0.535. The van der Waals surface area contributed by atoms with Crippen LogP contribution in [0.4, 0.5) is 0 Å².